The lowest BCUT2D eigenvalue weighted by Crippen LogP contribution is -2.31. The van der Waals surface area contributed by atoms with Gasteiger partial charge in [0.05, 0.1) is 6.61 Å². The van der Waals surface area contributed by atoms with Gasteiger partial charge in [0.25, 0.3) is 0 Å². The van der Waals surface area contributed by atoms with E-state index in [4.69, 9.17) is 9.47 Å². The van der Waals surface area contributed by atoms with Crippen molar-refractivity contribution in [3.05, 3.63) is 66.7 Å². The van der Waals surface area contributed by atoms with E-state index in [2.05, 4.69) is 17.7 Å². The molecule has 226 valence electrons. The summed E-state index contributed by atoms with van der Waals surface area (Å²) in [5, 5.41) is 0. The molecule has 2 aromatic rings. The summed E-state index contributed by atoms with van der Waals surface area (Å²) in [6.07, 6.45) is 8.60. The zero-order valence-corrected chi connectivity index (χ0v) is 24.3. The molecule has 0 radical (unpaired) electrons. The third-order valence-electron chi connectivity index (χ3n) is 7.50. The number of benzene rings is 2. The van der Waals surface area contributed by atoms with Gasteiger partial charge in [-0.1, -0.05) is 82.0 Å². The van der Waals surface area contributed by atoms with Crippen molar-refractivity contribution in [1.82, 2.24) is 0 Å². The van der Waals surface area contributed by atoms with Crippen molar-refractivity contribution in [2.45, 2.75) is 94.8 Å². The maximum absolute atomic E-state index is 12.8. The molecule has 0 bridgehead atoms. The van der Waals surface area contributed by atoms with Crippen molar-refractivity contribution < 1.29 is 40.0 Å². The van der Waals surface area contributed by atoms with Gasteiger partial charge in [0.1, 0.15) is 5.75 Å². The fraction of sp³-hybridized carbons (Fsp3) is 0.516. The van der Waals surface area contributed by atoms with Crippen LogP contribution in [0.2, 0.25) is 0 Å². The molecule has 3 rings (SSSR count). The van der Waals surface area contributed by atoms with Crippen LogP contribution in [0.15, 0.2) is 61.2 Å². The van der Waals surface area contributed by atoms with Crippen LogP contribution in [0.1, 0.15) is 83.1 Å². The van der Waals surface area contributed by atoms with Gasteiger partial charge in [-0.3, -0.25) is 4.18 Å². The normalized spacial score (nSPS) is 16.1. The van der Waals surface area contributed by atoms with Gasteiger partial charge < -0.3 is 9.47 Å². The van der Waals surface area contributed by atoms with Crippen LogP contribution in [0.5, 0.6) is 5.75 Å². The molecule has 0 heterocycles. The van der Waals surface area contributed by atoms with Crippen molar-refractivity contribution in [3.8, 4) is 16.9 Å². The molecule has 0 amide bonds. The molecule has 1 saturated carbocycles. The average molecular weight is 597 g/mol. The Kier molecular flexibility index (Phi) is 11.8. The lowest BCUT2D eigenvalue weighted by Gasteiger charge is -2.40. The van der Waals surface area contributed by atoms with Gasteiger partial charge >= 0.3 is 21.6 Å². The lowest BCUT2D eigenvalue weighted by molar-refractivity contribution is -0.158. The molecular weight excluding hydrogens is 557 g/mol. The fourth-order valence-corrected chi connectivity index (χ4v) is 5.94. The lowest BCUT2D eigenvalue weighted by atomic mass is 9.65. The quantitative estimate of drug-likeness (QED) is 0.0515. The summed E-state index contributed by atoms with van der Waals surface area (Å²) in [4.78, 5) is 12.0. The first-order chi connectivity index (χ1) is 19.5. The van der Waals surface area contributed by atoms with Crippen LogP contribution in [-0.4, -0.2) is 32.8 Å². The topological polar surface area (TPSA) is 78.9 Å². The molecule has 1 unspecified atom stereocenters. The molecule has 2 aromatic carbocycles. The highest BCUT2D eigenvalue weighted by atomic mass is 32.2. The minimum atomic E-state index is -5.65. The molecule has 0 saturated heterocycles. The van der Waals surface area contributed by atoms with E-state index in [0.717, 1.165) is 74.1 Å². The van der Waals surface area contributed by atoms with Gasteiger partial charge in [-0.05, 0) is 66.3 Å². The van der Waals surface area contributed by atoms with Crippen LogP contribution in [0.4, 0.5) is 13.2 Å². The Morgan fingerprint density at radius 1 is 1.05 bits per heavy atom. The van der Waals surface area contributed by atoms with Gasteiger partial charge in [0.2, 0.25) is 6.29 Å². The third kappa shape index (κ3) is 9.07. The van der Waals surface area contributed by atoms with Crippen LogP contribution in [0.3, 0.4) is 0 Å². The van der Waals surface area contributed by atoms with E-state index >= 15 is 0 Å². The molecule has 0 spiro atoms. The number of hydrogen-bond acceptors (Lipinski definition) is 6. The molecule has 6 nitrogen and oxygen atoms in total. The Bertz CT molecular complexity index is 1240. The largest absolute Gasteiger partial charge is 0.523 e. The van der Waals surface area contributed by atoms with E-state index in [9.17, 15) is 26.4 Å². The van der Waals surface area contributed by atoms with E-state index in [1.165, 1.54) is 0 Å². The van der Waals surface area contributed by atoms with Gasteiger partial charge in [-0.2, -0.15) is 21.6 Å². The van der Waals surface area contributed by atoms with E-state index in [-0.39, 0.29) is 6.42 Å². The van der Waals surface area contributed by atoms with Crippen LogP contribution >= 0.6 is 0 Å². The predicted molar refractivity (Wildman–Crippen MR) is 152 cm³/mol. The highest BCUT2D eigenvalue weighted by molar-refractivity contribution is 7.87. The van der Waals surface area contributed by atoms with Crippen LogP contribution in [0, 0.1) is 0 Å². The molecule has 1 fully saturated rings. The van der Waals surface area contributed by atoms with Crippen molar-refractivity contribution in [2.75, 3.05) is 6.61 Å². The Labute approximate surface area is 241 Å². The maximum atomic E-state index is 12.8. The summed E-state index contributed by atoms with van der Waals surface area (Å²) in [6, 6.07) is 15.5. The van der Waals surface area contributed by atoms with Gasteiger partial charge in [0, 0.05) is 12.5 Å². The van der Waals surface area contributed by atoms with Gasteiger partial charge in [0.15, 0.2) is 0 Å². The standard InChI is InChI=1S/C31H39F3O6S/c1-3-5-8-16-29(40-28(35)4-2)39-25-17-18-26(24-14-9-6-10-15-24)27(23-25)30(19-11-7-12-20-30)21-13-22-38-41(36,37)31(32,33)34/h4,6,9-10,14-15,17-18,23,29H,2-3,5,7-8,11-13,16,19-22H2,1H3. The third-order valence-corrected chi connectivity index (χ3v) is 8.55. The van der Waals surface area contributed by atoms with Crippen LogP contribution in [0.25, 0.3) is 11.1 Å². The van der Waals surface area contributed by atoms with E-state index in [1.54, 1.807) is 0 Å². The SMILES string of the molecule is C=CC(=O)OC(CCCCC)Oc1ccc(-c2ccccc2)c(C2(CCCOS(=O)(=O)C(F)(F)F)CCCCC2)c1. The predicted octanol–water partition coefficient (Wildman–Crippen LogP) is 8.22. The first kappa shape index (κ1) is 32.7. The smallest absolute Gasteiger partial charge is 0.455 e. The summed E-state index contributed by atoms with van der Waals surface area (Å²) < 4.78 is 77.2. The second kappa shape index (κ2) is 14.9. The van der Waals surface area contributed by atoms with E-state index in [1.807, 2.05) is 48.5 Å². The molecule has 10 heteroatoms. The number of carbonyl (C=O) groups excluding carboxylic acids is 1. The molecule has 41 heavy (non-hydrogen) atoms. The summed E-state index contributed by atoms with van der Waals surface area (Å²) in [6.45, 7) is 4.99. The number of unbranched alkanes of at least 4 members (excludes halogenated alkanes) is 2. The molecule has 0 aromatic heterocycles. The molecule has 1 atom stereocenters. The van der Waals surface area contributed by atoms with Crippen LogP contribution < -0.4 is 4.74 Å². The molecule has 0 aliphatic heterocycles. The minimum Gasteiger partial charge on any atom is -0.455 e. The maximum Gasteiger partial charge on any atom is 0.523 e. The molecule has 0 N–H and O–H groups in total. The fourth-order valence-electron chi connectivity index (χ4n) is 5.47. The molecular formula is C31H39F3O6S. The summed E-state index contributed by atoms with van der Waals surface area (Å²) >= 11 is 0. The highest BCUT2D eigenvalue weighted by Crippen LogP contribution is 2.48. The Morgan fingerprint density at radius 2 is 1.76 bits per heavy atom. The average Bonchev–Trinajstić information content (AvgIpc) is 2.95. The first-order valence-electron chi connectivity index (χ1n) is 14.2. The Balaban J connectivity index is 1.95. The van der Waals surface area contributed by atoms with E-state index in [0.29, 0.717) is 18.6 Å². The van der Waals surface area contributed by atoms with E-state index < -0.39 is 39.9 Å². The Morgan fingerprint density at radius 3 is 2.39 bits per heavy atom. The van der Waals surface area contributed by atoms with Gasteiger partial charge in [-0.25, -0.2) is 4.79 Å². The highest BCUT2D eigenvalue weighted by Gasteiger charge is 2.47. The zero-order valence-electron chi connectivity index (χ0n) is 23.5. The van der Waals surface area contributed by atoms with Crippen LogP contribution in [-0.2, 0) is 29.2 Å². The van der Waals surface area contributed by atoms with Crippen molar-refractivity contribution in [1.29, 1.82) is 0 Å². The Hall–Kier alpha value is -2.85. The second-order valence-electron chi connectivity index (χ2n) is 10.4. The summed E-state index contributed by atoms with van der Waals surface area (Å²) in [7, 11) is -5.65. The zero-order chi connectivity index (χ0) is 29.9. The monoisotopic (exact) mass is 596 g/mol. The van der Waals surface area contributed by atoms with Gasteiger partial charge in [-0.15, -0.1) is 0 Å². The summed E-state index contributed by atoms with van der Waals surface area (Å²) in [5.74, 6) is -0.0657. The number of rotatable bonds is 15. The second-order valence-corrected chi connectivity index (χ2v) is 12.0. The number of esters is 1. The number of carbonyl (C=O) groups is 1. The minimum absolute atomic E-state index is 0.130. The first-order valence-corrected chi connectivity index (χ1v) is 15.6. The van der Waals surface area contributed by atoms with Crippen molar-refractivity contribution >= 4 is 16.1 Å². The number of hydrogen-bond donors (Lipinski definition) is 0. The van der Waals surface area contributed by atoms with Crippen molar-refractivity contribution in [3.63, 3.8) is 0 Å². The molecule has 1 aliphatic carbocycles. The van der Waals surface area contributed by atoms with Crippen molar-refractivity contribution in [2.24, 2.45) is 0 Å². The number of alkyl halides is 3. The molecule has 1 aliphatic rings. The number of ether oxygens (including phenoxy) is 2. The number of halogens is 3. The summed E-state index contributed by atoms with van der Waals surface area (Å²) in [5.41, 5.74) is -2.96.